The summed E-state index contributed by atoms with van der Waals surface area (Å²) in [6.45, 7) is 3.77. The van der Waals surface area contributed by atoms with Crippen molar-refractivity contribution >= 4 is 27.6 Å². The largest absolute Gasteiger partial charge is 0.289 e. The third-order valence-corrected chi connectivity index (χ3v) is 7.02. The molecule has 0 amide bonds. The quantitative estimate of drug-likeness (QED) is 0.592. The highest BCUT2D eigenvalue weighted by molar-refractivity contribution is 7.93. The molecule has 0 saturated heterocycles. The third-order valence-electron chi connectivity index (χ3n) is 5.10. The maximum absolute atomic E-state index is 13.5. The van der Waals surface area contributed by atoms with Gasteiger partial charge in [-0.15, -0.1) is 0 Å². The Labute approximate surface area is 171 Å². The van der Waals surface area contributed by atoms with Crippen LogP contribution in [0.4, 0.5) is 5.69 Å². The normalized spacial score (nSPS) is 15.4. The second kappa shape index (κ2) is 7.33. The van der Waals surface area contributed by atoms with Gasteiger partial charge in [0.05, 0.1) is 17.1 Å². The molecule has 5 heteroatoms. The lowest BCUT2D eigenvalue weighted by Crippen LogP contribution is -2.39. The summed E-state index contributed by atoms with van der Waals surface area (Å²) in [5, 5.41) is 0. The van der Waals surface area contributed by atoms with Crippen LogP contribution in [0.2, 0.25) is 0 Å². The third kappa shape index (κ3) is 3.49. The van der Waals surface area contributed by atoms with Gasteiger partial charge in [-0.3, -0.25) is 9.10 Å². The summed E-state index contributed by atoms with van der Waals surface area (Å²) in [5.74, 6) is -0.141. The highest BCUT2D eigenvalue weighted by atomic mass is 32.2. The van der Waals surface area contributed by atoms with E-state index in [2.05, 4.69) is 0 Å². The van der Waals surface area contributed by atoms with E-state index in [0.717, 1.165) is 11.1 Å². The minimum Gasteiger partial charge on any atom is -0.289 e. The zero-order valence-corrected chi connectivity index (χ0v) is 17.1. The zero-order chi connectivity index (χ0) is 20.6. The first-order chi connectivity index (χ1) is 13.9. The lowest BCUT2D eigenvalue weighted by Gasteiger charge is -2.31. The van der Waals surface area contributed by atoms with E-state index in [4.69, 9.17) is 0 Å². The van der Waals surface area contributed by atoms with Gasteiger partial charge < -0.3 is 0 Å². The average Bonchev–Trinajstić information content (AvgIpc) is 2.72. The van der Waals surface area contributed by atoms with E-state index in [1.807, 2.05) is 37.3 Å². The van der Waals surface area contributed by atoms with Gasteiger partial charge >= 0.3 is 0 Å². The molecule has 0 aromatic heterocycles. The van der Waals surface area contributed by atoms with Gasteiger partial charge in [0.25, 0.3) is 10.0 Å². The first kappa shape index (κ1) is 19.2. The van der Waals surface area contributed by atoms with Crippen LogP contribution in [0.1, 0.15) is 27.0 Å². The molecule has 1 heterocycles. The van der Waals surface area contributed by atoms with Crippen molar-refractivity contribution in [1.82, 2.24) is 0 Å². The lowest BCUT2D eigenvalue weighted by molar-refractivity contribution is 0.103. The molecule has 3 aromatic carbocycles. The smallest absolute Gasteiger partial charge is 0.264 e. The lowest BCUT2D eigenvalue weighted by atomic mass is 9.96. The summed E-state index contributed by atoms with van der Waals surface area (Å²) < 4.78 is 28.4. The molecule has 0 unspecified atom stereocenters. The van der Waals surface area contributed by atoms with Crippen molar-refractivity contribution in [2.75, 3.05) is 10.8 Å². The van der Waals surface area contributed by atoms with Crippen LogP contribution < -0.4 is 4.31 Å². The molecular weight excluding hydrogens is 382 g/mol. The molecule has 4 rings (SSSR count). The minimum atomic E-state index is -3.82. The van der Waals surface area contributed by atoms with Crippen LogP contribution in [-0.4, -0.2) is 20.7 Å². The fourth-order valence-electron chi connectivity index (χ4n) is 3.52. The number of nitrogens with zero attached hydrogens (tertiary/aromatic N) is 1. The van der Waals surface area contributed by atoms with Crippen LogP contribution in [0.5, 0.6) is 0 Å². The predicted molar refractivity (Wildman–Crippen MR) is 116 cm³/mol. The van der Waals surface area contributed by atoms with Gasteiger partial charge in [-0.2, -0.15) is 0 Å². The number of ketones is 1. The minimum absolute atomic E-state index is 0.000388. The Morgan fingerprint density at radius 2 is 1.52 bits per heavy atom. The molecule has 0 fully saturated rings. The summed E-state index contributed by atoms with van der Waals surface area (Å²) >= 11 is 0. The van der Waals surface area contributed by atoms with Crippen LogP contribution in [-0.2, 0) is 10.0 Å². The van der Waals surface area contributed by atoms with Crippen molar-refractivity contribution in [3.63, 3.8) is 0 Å². The summed E-state index contributed by atoms with van der Waals surface area (Å²) in [5.41, 5.74) is 3.93. The molecule has 146 valence electrons. The summed E-state index contributed by atoms with van der Waals surface area (Å²) in [4.78, 5) is 13.3. The zero-order valence-electron chi connectivity index (χ0n) is 16.3. The Hall–Kier alpha value is -3.18. The van der Waals surface area contributed by atoms with E-state index >= 15 is 0 Å². The molecule has 0 N–H and O–H groups in total. The van der Waals surface area contributed by atoms with Crippen LogP contribution in [0.25, 0.3) is 6.08 Å². The van der Waals surface area contributed by atoms with Crippen molar-refractivity contribution in [2.45, 2.75) is 18.7 Å². The first-order valence-corrected chi connectivity index (χ1v) is 10.8. The van der Waals surface area contributed by atoms with E-state index < -0.39 is 10.0 Å². The van der Waals surface area contributed by atoms with Crippen LogP contribution in [0, 0.1) is 13.8 Å². The van der Waals surface area contributed by atoms with E-state index in [-0.39, 0.29) is 17.2 Å². The van der Waals surface area contributed by atoms with Gasteiger partial charge in [-0.05, 0) is 49.2 Å². The number of hydrogen-bond donors (Lipinski definition) is 0. The van der Waals surface area contributed by atoms with E-state index in [1.54, 1.807) is 55.5 Å². The van der Waals surface area contributed by atoms with Gasteiger partial charge in [0.2, 0.25) is 0 Å². The molecular formula is C24H21NO3S. The molecule has 0 bridgehead atoms. The molecule has 3 aromatic rings. The Kier molecular flexibility index (Phi) is 4.84. The van der Waals surface area contributed by atoms with Crippen LogP contribution >= 0.6 is 0 Å². The van der Waals surface area contributed by atoms with Gasteiger partial charge in [0.15, 0.2) is 5.78 Å². The number of sulfonamides is 1. The van der Waals surface area contributed by atoms with Gasteiger partial charge in [-0.25, -0.2) is 8.42 Å². The van der Waals surface area contributed by atoms with Gasteiger partial charge in [0, 0.05) is 11.1 Å². The molecule has 0 aliphatic carbocycles. The number of carbonyl (C=O) groups is 1. The van der Waals surface area contributed by atoms with Crippen molar-refractivity contribution in [3.05, 3.63) is 101 Å². The second-order valence-electron chi connectivity index (χ2n) is 7.20. The molecule has 4 nitrogen and oxygen atoms in total. The predicted octanol–water partition coefficient (Wildman–Crippen LogP) is 4.78. The number of hydrogen-bond acceptors (Lipinski definition) is 3. The van der Waals surface area contributed by atoms with Crippen molar-refractivity contribution < 1.29 is 13.2 Å². The Morgan fingerprint density at radius 1 is 0.862 bits per heavy atom. The number of aryl methyl sites for hydroxylation is 2. The molecule has 0 saturated carbocycles. The highest BCUT2D eigenvalue weighted by Crippen LogP contribution is 2.35. The molecule has 0 spiro atoms. The topological polar surface area (TPSA) is 54.5 Å². The SMILES string of the molecule is Cc1ccc(/C=C2\CN(S(=O)(=O)c3ccccc3C)c3ccccc3C2=O)cc1. The number of rotatable bonds is 3. The van der Waals surface area contributed by atoms with E-state index in [9.17, 15) is 13.2 Å². The fourth-order valence-corrected chi connectivity index (χ4v) is 5.21. The van der Waals surface area contributed by atoms with E-state index in [1.165, 1.54) is 4.31 Å². The van der Waals surface area contributed by atoms with Crippen LogP contribution in [0.15, 0.2) is 83.3 Å². The highest BCUT2D eigenvalue weighted by Gasteiger charge is 2.35. The summed E-state index contributed by atoms with van der Waals surface area (Å²) in [6.07, 6.45) is 1.78. The van der Waals surface area contributed by atoms with E-state index in [0.29, 0.717) is 22.4 Å². The van der Waals surface area contributed by atoms with Gasteiger partial charge in [0.1, 0.15) is 0 Å². The molecule has 1 aliphatic rings. The standard InChI is InChI=1S/C24H21NO3S/c1-17-11-13-19(14-12-17)15-20-16-25(22-9-5-4-8-21(22)24(20)26)29(27,28)23-10-6-3-7-18(23)2/h3-15H,16H2,1-2H3/b20-15+. The maximum atomic E-state index is 13.5. The number of anilines is 1. The molecule has 1 aliphatic heterocycles. The Bertz CT molecular complexity index is 1220. The number of fused-ring (bicyclic) bond motifs is 1. The number of Topliss-reactive ketones (excluding diaryl/α,β-unsaturated/α-hetero) is 1. The van der Waals surface area contributed by atoms with Crippen molar-refractivity contribution in [2.24, 2.45) is 0 Å². The monoisotopic (exact) mass is 403 g/mol. The number of para-hydroxylation sites is 1. The second-order valence-corrected chi connectivity index (χ2v) is 9.03. The Morgan fingerprint density at radius 3 is 2.24 bits per heavy atom. The van der Waals surface area contributed by atoms with Gasteiger partial charge in [-0.1, -0.05) is 60.2 Å². The summed E-state index contributed by atoms with van der Waals surface area (Å²) in [6, 6.07) is 21.6. The molecule has 0 radical (unpaired) electrons. The maximum Gasteiger partial charge on any atom is 0.264 e. The summed E-state index contributed by atoms with van der Waals surface area (Å²) in [7, 11) is -3.82. The first-order valence-electron chi connectivity index (χ1n) is 9.37. The van der Waals surface area contributed by atoms with Crippen molar-refractivity contribution in [3.8, 4) is 0 Å². The van der Waals surface area contributed by atoms with Crippen LogP contribution in [0.3, 0.4) is 0 Å². The van der Waals surface area contributed by atoms with Crippen molar-refractivity contribution in [1.29, 1.82) is 0 Å². The number of carbonyl (C=O) groups excluding carboxylic acids is 1. The molecule has 0 atom stereocenters. The molecule has 29 heavy (non-hydrogen) atoms. The number of benzene rings is 3. The average molecular weight is 404 g/mol. The fraction of sp³-hybridized carbons (Fsp3) is 0.125. The Balaban J connectivity index is 1.86.